The van der Waals surface area contributed by atoms with Gasteiger partial charge in [-0.3, -0.25) is 4.99 Å². The van der Waals surface area contributed by atoms with Gasteiger partial charge in [-0.1, -0.05) is 6.07 Å². The van der Waals surface area contributed by atoms with Gasteiger partial charge in [0.2, 0.25) is 0 Å². The van der Waals surface area contributed by atoms with Gasteiger partial charge >= 0.3 is 0 Å². The zero-order chi connectivity index (χ0) is 20.0. The van der Waals surface area contributed by atoms with E-state index in [9.17, 15) is 4.39 Å². The van der Waals surface area contributed by atoms with E-state index in [-0.39, 0.29) is 5.82 Å². The Bertz CT molecular complexity index is 579. The minimum absolute atomic E-state index is 0.205. The summed E-state index contributed by atoms with van der Waals surface area (Å²) in [6.45, 7) is 5.82. The van der Waals surface area contributed by atoms with E-state index in [2.05, 4.69) is 20.5 Å². The highest BCUT2D eigenvalue weighted by atomic mass is 19.1. The van der Waals surface area contributed by atoms with Crippen LogP contribution in [0.25, 0.3) is 0 Å². The van der Waals surface area contributed by atoms with E-state index in [1.807, 2.05) is 13.1 Å². The SMILES string of the molecule is CN=C(NCCCOCC1CCOCC1)NCCCN(C)c1cccc(F)c1. The zero-order valence-corrected chi connectivity index (χ0v) is 17.3. The molecule has 0 saturated carbocycles. The van der Waals surface area contributed by atoms with Crippen LogP contribution >= 0.6 is 0 Å². The summed E-state index contributed by atoms with van der Waals surface area (Å²) < 4.78 is 24.4. The predicted octanol–water partition coefficient (Wildman–Crippen LogP) is 2.65. The monoisotopic (exact) mass is 394 g/mol. The summed E-state index contributed by atoms with van der Waals surface area (Å²) in [6.07, 6.45) is 4.11. The third-order valence-corrected chi connectivity index (χ3v) is 4.89. The zero-order valence-electron chi connectivity index (χ0n) is 17.3. The number of aliphatic imine (C=N–C) groups is 1. The molecular formula is C21H35FN4O2. The van der Waals surface area contributed by atoms with Crippen molar-refractivity contribution in [1.82, 2.24) is 10.6 Å². The minimum Gasteiger partial charge on any atom is -0.381 e. The van der Waals surface area contributed by atoms with E-state index in [4.69, 9.17) is 9.47 Å². The molecule has 7 heteroatoms. The molecule has 1 aromatic rings. The van der Waals surface area contributed by atoms with Crippen LogP contribution in [-0.2, 0) is 9.47 Å². The van der Waals surface area contributed by atoms with E-state index in [0.717, 1.165) is 83.4 Å². The van der Waals surface area contributed by atoms with Gasteiger partial charge in [0, 0.05) is 65.8 Å². The van der Waals surface area contributed by atoms with Crippen LogP contribution in [0.5, 0.6) is 0 Å². The Hall–Kier alpha value is -1.86. The molecule has 6 nitrogen and oxygen atoms in total. The van der Waals surface area contributed by atoms with Crippen molar-refractivity contribution in [2.45, 2.75) is 25.7 Å². The molecule has 0 amide bonds. The quantitative estimate of drug-likeness (QED) is 0.343. The molecule has 1 aliphatic rings. The number of guanidine groups is 1. The third kappa shape index (κ3) is 8.89. The highest BCUT2D eigenvalue weighted by Gasteiger charge is 2.13. The topological polar surface area (TPSA) is 58.1 Å². The van der Waals surface area contributed by atoms with E-state index < -0.39 is 0 Å². The molecule has 0 unspecified atom stereocenters. The maximum atomic E-state index is 13.3. The van der Waals surface area contributed by atoms with Gasteiger partial charge in [0.25, 0.3) is 0 Å². The van der Waals surface area contributed by atoms with Crippen LogP contribution < -0.4 is 15.5 Å². The molecule has 1 heterocycles. The lowest BCUT2D eigenvalue weighted by atomic mass is 10.0. The lowest BCUT2D eigenvalue weighted by molar-refractivity contribution is 0.0203. The molecule has 0 spiro atoms. The lowest BCUT2D eigenvalue weighted by Crippen LogP contribution is -2.39. The predicted molar refractivity (Wildman–Crippen MR) is 113 cm³/mol. The molecule has 1 fully saturated rings. The van der Waals surface area contributed by atoms with Crippen LogP contribution in [0.15, 0.2) is 29.3 Å². The van der Waals surface area contributed by atoms with Gasteiger partial charge in [0.05, 0.1) is 0 Å². The number of hydrogen-bond donors (Lipinski definition) is 2. The number of halogens is 1. The van der Waals surface area contributed by atoms with Crippen molar-refractivity contribution >= 4 is 11.6 Å². The van der Waals surface area contributed by atoms with Crippen molar-refractivity contribution in [3.05, 3.63) is 30.1 Å². The first-order valence-corrected chi connectivity index (χ1v) is 10.3. The lowest BCUT2D eigenvalue weighted by Gasteiger charge is -2.21. The molecular weight excluding hydrogens is 359 g/mol. The Morgan fingerprint density at radius 2 is 2.00 bits per heavy atom. The number of ether oxygens (including phenoxy) is 2. The van der Waals surface area contributed by atoms with E-state index in [0.29, 0.717) is 5.92 Å². The highest BCUT2D eigenvalue weighted by Crippen LogP contribution is 2.15. The second-order valence-corrected chi connectivity index (χ2v) is 7.16. The summed E-state index contributed by atoms with van der Waals surface area (Å²) in [5, 5.41) is 6.62. The van der Waals surface area contributed by atoms with Crippen molar-refractivity contribution in [2.24, 2.45) is 10.9 Å². The number of hydrogen-bond acceptors (Lipinski definition) is 4. The van der Waals surface area contributed by atoms with E-state index in [1.54, 1.807) is 19.2 Å². The number of nitrogens with one attached hydrogen (secondary N) is 2. The fourth-order valence-electron chi connectivity index (χ4n) is 3.13. The first-order chi connectivity index (χ1) is 13.7. The van der Waals surface area contributed by atoms with Crippen molar-refractivity contribution in [3.8, 4) is 0 Å². The Labute approximate surface area is 168 Å². The number of benzene rings is 1. The average Bonchev–Trinajstić information content (AvgIpc) is 2.72. The van der Waals surface area contributed by atoms with Gasteiger partial charge in [0.1, 0.15) is 5.82 Å². The summed E-state index contributed by atoms with van der Waals surface area (Å²) in [7, 11) is 3.75. The summed E-state index contributed by atoms with van der Waals surface area (Å²) in [4.78, 5) is 6.29. The Balaban J connectivity index is 1.49. The van der Waals surface area contributed by atoms with Gasteiger partial charge < -0.3 is 25.0 Å². The molecule has 1 aliphatic heterocycles. The molecule has 2 rings (SSSR count). The van der Waals surface area contributed by atoms with Crippen LogP contribution in [0, 0.1) is 11.7 Å². The normalized spacial score (nSPS) is 15.5. The van der Waals surface area contributed by atoms with Crippen molar-refractivity contribution in [1.29, 1.82) is 0 Å². The minimum atomic E-state index is -0.205. The Kier molecular flexibility index (Phi) is 10.7. The van der Waals surface area contributed by atoms with E-state index >= 15 is 0 Å². The van der Waals surface area contributed by atoms with Crippen molar-refractivity contribution in [2.75, 3.05) is 65.1 Å². The second kappa shape index (κ2) is 13.3. The van der Waals surface area contributed by atoms with Crippen LogP contribution in [0.1, 0.15) is 25.7 Å². The number of rotatable bonds is 11. The van der Waals surface area contributed by atoms with E-state index in [1.165, 1.54) is 6.07 Å². The number of anilines is 1. The second-order valence-electron chi connectivity index (χ2n) is 7.16. The molecule has 0 aromatic heterocycles. The van der Waals surface area contributed by atoms with Gasteiger partial charge in [0.15, 0.2) is 5.96 Å². The number of nitrogens with zero attached hydrogens (tertiary/aromatic N) is 2. The summed E-state index contributed by atoms with van der Waals surface area (Å²) >= 11 is 0. The Morgan fingerprint density at radius 1 is 1.25 bits per heavy atom. The standard InChI is InChI=1S/C21H35FN4O2/c1-23-21(25-11-5-13-28-17-18-8-14-27-15-9-18)24-10-4-12-26(2)20-7-3-6-19(22)16-20/h3,6-7,16,18H,4-5,8-15,17H2,1-2H3,(H2,23,24,25). The van der Waals surface area contributed by atoms with Crippen LogP contribution in [0.2, 0.25) is 0 Å². The van der Waals surface area contributed by atoms with Gasteiger partial charge in [-0.15, -0.1) is 0 Å². The van der Waals surface area contributed by atoms with Crippen LogP contribution in [-0.4, -0.2) is 66.1 Å². The molecule has 0 bridgehead atoms. The molecule has 28 heavy (non-hydrogen) atoms. The van der Waals surface area contributed by atoms with Gasteiger partial charge in [-0.25, -0.2) is 4.39 Å². The molecule has 1 aromatic carbocycles. The molecule has 2 N–H and O–H groups in total. The smallest absolute Gasteiger partial charge is 0.190 e. The first kappa shape index (κ1) is 22.4. The molecule has 0 aliphatic carbocycles. The molecule has 0 radical (unpaired) electrons. The first-order valence-electron chi connectivity index (χ1n) is 10.3. The maximum absolute atomic E-state index is 13.3. The van der Waals surface area contributed by atoms with Crippen molar-refractivity contribution in [3.63, 3.8) is 0 Å². The van der Waals surface area contributed by atoms with Crippen LogP contribution in [0.3, 0.4) is 0 Å². The molecule has 0 atom stereocenters. The third-order valence-electron chi connectivity index (χ3n) is 4.89. The fraction of sp³-hybridized carbons (Fsp3) is 0.667. The fourth-order valence-corrected chi connectivity index (χ4v) is 3.13. The average molecular weight is 395 g/mol. The van der Waals surface area contributed by atoms with Gasteiger partial charge in [-0.2, -0.15) is 0 Å². The maximum Gasteiger partial charge on any atom is 0.190 e. The largest absolute Gasteiger partial charge is 0.381 e. The highest BCUT2D eigenvalue weighted by molar-refractivity contribution is 5.79. The summed E-state index contributed by atoms with van der Waals surface area (Å²) in [6, 6.07) is 6.67. The summed E-state index contributed by atoms with van der Waals surface area (Å²) in [5.41, 5.74) is 0.892. The molecule has 1 saturated heterocycles. The van der Waals surface area contributed by atoms with Gasteiger partial charge in [-0.05, 0) is 49.8 Å². The summed E-state index contributed by atoms with van der Waals surface area (Å²) in [5.74, 6) is 1.25. The van der Waals surface area contributed by atoms with Crippen LogP contribution in [0.4, 0.5) is 10.1 Å². The Morgan fingerprint density at radius 3 is 2.71 bits per heavy atom. The molecule has 158 valence electrons. The van der Waals surface area contributed by atoms with Crippen molar-refractivity contribution < 1.29 is 13.9 Å².